The molecule has 0 aliphatic heterocycles. The van der Waals surface area contributed by atoms with Crippen molar-refractivity contribution in [3.05, 3.63) is 38.9 Å². The van der Waals surface area contributed by atoms with Crippen LogP contribution in [0.1, 0.15) is 36.5 Å². The van der Waals surface area contributed by atoms with Crippen molar-refractivity contribution in [3.8, 4) is 0 Å². The van der Waals surface area contributed by atoms with Crippen LogP contribution in [0, 0.1) is 10.1 Å². The van der Waals surface area contributed by atoms with E-state index >= 15 is 0 Å². The van der Waals surface area contributed by atoms with E-state index in [4.69, 9.17) is 11.6 Å². The van der Waals surface area contributed by atoms with Gasteiger partial charge in [-0.2, -0.15) is 0 Å². The van der Waals surface area contributed by atoms with Gasteiger partial charge in [0.25, 0.3) is 11.6 Å². The van der Waals surface area contributed by atoms with Crippen molar-refractivity contribution in [3.63, 3.8) is 0 Å². The molecule has 2 rings (SSSR count). The molecule has 1 N–H and O–H groups in total. The summed E-state index contributed by atoms with van der Waals surface area (Å²) in [6.07, 6.45) is 2.86. The van der Waals surface area contributed by atoms with E-state index in [1.165, 1.54) is 18.2 Å². The fourth-order valence-electron chi connectivity index (χ4n) is 2.02. The fraction of sp³-hybridized carbons (Fsp3) is 0.417. The Balaban J connectivity index is 2.28. The molecule has 5 nitrogen and oxygen atoms in total. The number of nitrogens with zero attached hydrogens (tertiary/aromatic N) is 1. The third-order valence-electron chi connectivity index (χ3n) is 3.27. The summed E-state index contributed by atoms with van der Waals surface area (Å²) < 4.78 is 0. The molecular weight excluding hydrogens is 256 g/mol. The molecule has 1 fully saturated rings. The molecule has 1 amide bonds. The quantitative estimate of drug-likeness (QED) is 0.677. The maximum Gasteiger partial charge on any atom is 0.282 e. The van der Waals surface area contributed by atoms with Crippen molar-refractivity contribution in [2.45, 2.75) is 31.7 Å². The summed E-state index contributed by atoms with van der Waals surface area (Å²) >= 11 is 5.78. The van der Waals surface area contributed by atoms with Crippen molar-refractivity contribution in [2.24, 2.45) is 0 Å². The highest BCUT2D eigenvalue weighted by Crippen LogP contribution is 2.32. The van der Waals surface area contributed by atoms with Crippen LogP contribution in [-0.2, 0) is 0 Å². The summed E-state index contributed by atoms with van der Waals surface area (Å²) in [4.78, 5) is 22.4. The van der Waals surface area contributed by atoms with Crippen molar-refractivity contribution in [1.29, 1.82) is 0 Å². The van der Waals surface area contributed by atoms with Gasteiger partial charge in [0.1, 0.15) is 5.56 Å². The van der Waals surface area contributed by atoms with Gasteiger partial charge < -0.3 is 5.32 Å². The summed E-state index contributed by atoms with van der Waals surface area (Å²) in [5.41, 5.74) is -0.451. The van der Waals surface area contributed by atoms with E-state index in [0.29, 0.717) is 5.02 Å². The molecule has 0 unspecified atom stereocenters. The Morgan fingerprint density at radius 3 is 2.67 bits per heavy atom. The van der Waals surface area contributed by atoms with E-state index in [0.717, 1.165) is 19.3 Å². The maximum atomic E-state index is 12.1. The van der Waals surface area contributed by atoms with Gasteiger partial charge in [-0.15, -0.1) is 0 Å². The Labute approximate surface area is 109 Å². The maximum absolute atomic E-state index is 12.1. The summed E-state index contributed by atoms with van der Waals surface area (Å²) in [5.74, 6) is -0.439. The number of benzene rings is 1. The van der Waals surface area contributed by atoms with Crippen LogP contribution in [0.5, 0.6) is 0 Å². The Bertz CT molecular complexity index is 512. The molecule has 0 bridgehead atoms. The van der Waals surface area contributed by atoms with Crippen molar-refractivity contribution in [2.75, 3.05) is 0 Å². The molecule has 1 aliphatic rings. The molecule has 0 aromatic heterocycles. The third kappa shape index (κ3) is 2.46. The first-order valence-electron chi connectivity index (χ1n) is 5.68. The minimum atomic E-state index is -0.575. The topological polar surface area (TPSA) is 72.2 Å². The molecule has 0 spiro atoms. The number of carbonyl (C=O) groups excluding carboxylic acids is 1. The molecule has 1 saturated carbocycles. The highest BCUT2D eigenvalue weighted by Gasteiger charge is 2.34. The molecule has 1 aliphatic carbocycles. The van der Waals surface area contributed by atoms with Gasteiger partial charge >= 0.3 is 0 Å². The van der Waals surface area contributed by atoms with Gasteiger partial charge in [-0.25, -0.2) is 0 Å². The van der Waals surface area contributed by atoms with E-state index in [1.807, 2.05) is 6.92 Å². The Kier molecular flexibility index (Phi) is 3.26. The molecule has 1 aromatic carbocycles. The van der Waals surface area contributed by atoms with E-state index in [-0.39, 0.29) is 16.8 Å². The minimum absolute atomic E-state index is 0.0145. The number of hydrogen-bond donors (Lipinski definition) is 1. The summed E-state index contributed by atoms with van der Waals surface area (Å²) in [5, 5.41) is 14.0. The number of rotatable bonds is 3. The van der Waals surface area contributed by atoms with Gasteiger partial charge in [0.15, 0.2) is 0 Å². The highest BCUT2D eigenvalue weighted by atomic mass is 35.5. The van der Waals surface area contributed by atoms with Gasteiger partial charge in [-0.05, 0) is 38.3 Å². The smallest absolute Gasteiger partial charge is 0.282 e. The van der Waals surface area contributed by atoms with Gasteiger partial charge in [0, 0.05) is 16.6 Å². The van der Waals surface area contributed by atoms with E-state index in [9.17, 15) is 14.9 Å². The summed E-state index contributed by atoms with van der Waals surface area (Å²) in [6, 6.07) is 3.99. The molecule has 0 radical (unpaired) electrons. The van der Waals surface area contributed by atoms with Crippen LogP contribution >= 0.6 is 11.6 Å². The van der Waals surface area contributed by atoms with Crippen LogP contribution in [0.2, 0.25) is 5.02 Å². The Morgan fingerprint density at radius 1 is 1.50 bits per heavy atom. The molecule has 0 heterocycles. The van der Waals surface area contributed by atoms with Gasteiger partial charge in [0.2, 0.25) is 0 Å². The molecule has 1 aromatic rings. The van der Waals surface area contributed by atoms with Crippen LogP contribution in [0.4, 0.5) is 5.69 Å². The lowest BCUT2D eigenvalue weighted by atomic mass is 9.78. The van der Waals surface area contributed by atoms with Crippen LogP contribution in [-0.4, -0.2) is 16.4 Å². The van der Waals surface area contributed by atoms with Gasteiger partial charge in [0.05, 0.1) is 4.92 Å². The van der Waals surface area contributed by atoms with E-state index in [2.05, 4.69) is 5.32 Å². The number of amides is 1. The number of carbonyl (C=O) groups is 1. The average Bonchev–Trinajstić information content (AvgIpc) is 2.26. The predicted octanol–water partition coefficient (Wildman–Crippen LogP) is 2.92. The van der Waals surface area contributed by atoms with Crippen molar-refractivity contribution in [1.82, 2.24) is 5.32 Å². The second-order valence-corrected chi connectivity index (χ2v) is 5.22. The van der Waals surface area contributed by atoms with E-state index < -0.39 is 10.8 Å². The largest absolute Gasteiger partial charge is 0.347 e. The van der Waals surface area contributed by atoms with Crippen LogP contribution in [0.15, 0.2) is 18.2 Å². The lowest BCUT2D eigenvalue weighted by Crippen LogP contribution is -2.51. The second-order valence-electron chi connectivity index (χ2n) is 4.79. The fourth-order valence-corrected chi connectivity index (χ4v) is 2.19. The first-order valence-corrected chi connectivity index (χ1v) is 6.05. The molecule has 18 heavy (non-hydrogen) atoms. The summed E-state index contributed by atoms with van der Waals surface area (Å²) in [6.45, 7) is 1.94. The number of hydrogen-bond acceptors (Lipinski definition) is 3. The minimum Gasteiger partial charge on any atom is -0.347 e. The Morgan fingerprint density at radius 2 is 2.17 bits per heavy atom. The van der Waals surface area contributed by atoms with Gasteiger partial charge in [-0.3, -0.25) is 14.9 Å². The monoisotopic (exact) mass is 268 g/mol. The molecule has 0 saturated heterocycles. The molecular formula is C12H13ClN2O3. The van der Waals surface area contributed by atoms with Gasteiger partial charge in [-0.1, -0.05) is 11.6 Å². The van der Waals surface area contributed by atoms with E-state index in [1.54, 1.807) is 0 Å². The number of nitrogens with one attached hydrogen (secondary N) is 1. The lowest BCUT2D eigenvalue weighted by molar-refractivity contribution is -0.385. The number of halogens is 1. The zero-order chi connectivity index (χ0) is 13.3. The highest BCUT2D eigenvalue weighted by molar-refractivity contribution is 6.31. The number of nitro groups is 1. The lowest BCUT2D eigenvalue weighted by Gasteiger charge is -2.39. The first kappa shape index (κ1) is 12.8. The third-order valence-corrected chi connectivity index (χ3v) is 3.51. The van der Waals surface area contributed by atoms with Crippen LogP contribution in [0.25, 0.3) is 0 Å². The summed E-state index contributed by atoms with van der Waals surface area (Å²) in [7, 11) is 0. The molecule has 6 heteroatoms. The van der Waals surface area contributed by atoms with Crippen molar-refractivity contribution >= 4 is 23.2 Å². The first-order chi connectivity index (χ1) is 8.41. The van der Waals surface area contributed by atoms with Crippen LogP contribution in [0.3, 0.4) is 0 Å². The molecule has 96 valence electrons. The second kappa shape index (κ2) is 4.57. The standard InChI is InChI=1S/C12H13ClN2O3/c1-12(5-2-6-12)14-11(16)9-7-8(13)3-4-10(9)15(17)18/h3-4,7H,2,5-6H2,1H3,(H,14,16). The molecule has 0 atom stereocenters. The van der Waals surface area contributed by atoms with Crippen molar-refractivity contribution < 1.29 is 9.72 Å². The zero-order valence-corrected chi connectivity index (χ0v) is 10.7. The van der Waals surface area contributed by atoms with Crippen LogP contribution < -0.4 is 5.32 Å². The number of nitro benzene ring substituents is 1. The Hall–Kier alpha value is -1.62. The SMILES string of the molecule is CC1(NC(=O)c2cc(Cl)ccc2[N+](=O)[O-])CCC1. The zero-order valence-electron chi connectivity index (χ0n) is 9.90. The normalized spacial score (nSPS) is 16.8. The predicted molar refractivity (Wildman–Crippen MR) is 67.8 cm³/mol. The average molecular weight is 269 g/mol.